The molecular weight excluding hydrogens is 346 g/mol. The fourth-order valence-corrected chi connectivity index (χ4v) is 4.14. The number of benzene rings is 1. The first-order chi connectivity index (χ1) is 12.5. The number of aromatic nitrogens is 3. The van der Waals surface area contributed by atoms with Crippen LogP contribution in [-0.2, 0) is 4.79 Å². The van der Waals surface area contributed by atoms with E-state index < -0.39 is 0 Å². The lowest BCUT2D eigenvalue weighted by atomic mass is 10.1. The predicted octanol–water partition coefficient (Wildman–Crippen LogP) is 3.13. The van der Waals surface area contributed by atoms with Crippen LogP contribution in [-0.4, -0.2) is 58.0 Å². The molecule has 0 aliphatic carbocycles. The molecule has 1 aliphatic rings. The highest BCUT2D eigenvalue weighted by atomic mass is 32.2. The molecule has 140 valence electrons. The van der Waals surface area contributed by atoms with Crippen molar-refractivity contribution < 1.29 is 4.79 Å². The van der Waals surface area contributed by atoms with Crippen molar-refractivity contribution in [2.75, 3.05) is 32.1 Å². The van der Waals surface area contributed by atoms with Crippen LogP contribution in [0.5, 0.6) is 0 Å². The number of rotatable bonds is 5. The summed E-state index contributed by atoms with van der Waals surface area (Å²) in [6.45, 7) is 6.00. The van der Waals surface area contributed by atoms with Gasteiger partial charge in [-0.15, -0.1) is 10.2 Å². The number of carbonyl (C=O) groups excluding carboxylic acids is 1. The molecule has 0 N–H and O–H groups in total. The minimum Gasteiger partial charge on any atom is -0.348 e. The quantitative estimate of drug-likeness (QED) is 0.754. The van der Waals surface area contributed by atoms with Crippen LogP contribution in [0.3, 0.4) is 0 Å². The van der Waals surface area contributed by atoms with E-state index in [-0.39, 0.29) is 11.2 Å². The number of hydrogen-bond acceptors (Lipinski definition) is 5. The van der Waals surface area contributed by atoms with Crippen molar-refractivity contribution in [1.29, 1.82) is 0 Å². The van der Waals surface area contributed by atoms with Crippen molar-refractivity contribution in [1.82, 2.24) is 19.7 Å². The molecule has 1 saturated heterocycles. The van der Waals surface area contributed by atoms with Crippen LogP contribution in [0.25, 0.3) is 5.69 Å². The van der Waals surface area contributed by atoms with Crippen LogP contribution in [0.4, 0.5) is 5.95 Å². The van der Waals surface area contributed by atoms with Crippen molar-refractivity contribution >= 4 is 23.6 Å². The van der Waals surface area contributed by atoms with Crippen LogP contribution in [0, 0.1) is 6.92 Å². The van der Waals surface area contributed by atoms with Crippen LogP contribution in [0.1, 0.15) is 31.7 Å². The number of piperidine rings is 1. The number of nitrogens with zero attached hydrogens (tertiary/aromatic N) is 5. The van der Waals surface area contributed by atoms with E-state index in [4.69, 9.17) is 0 Å². The van der Waals surface area contributed by atoms with E-state index in [0.717, 1.165) is 29.9 Å². The van der Waals surface area contributed by atoms with Gasteiger partial charge in [0.25, 0.3) is 0 Å². The molecule has 1 aromatic carbocycles. The largest absolute Gasteiger partial charge is 0.348 e. The number of amides is 1. The smallest absolute Gasteiger partial charge is 0.235 e. The van der Waals surface area contributed by atoms with E-state index in [1.54, 1.807) is 19.0 Å². The third kappa shape index (κ3) is 4.03. The number of hydrogen-bond donors (Lipinski definition) is 0. The van der Waals surface area contributed by atoms with Gasteiger partial charge in [0, 0.05) is 27.2 Å². The lowest BCUT2D eigenvalue weighted by Crippen LogP contribution is -2.32. The summed E-state index contributed by atoms with van der Waals surface area (Å²) in [6.07, 6.45) is 3.63. The third-order valence-corrected chi connectivity index (χ3v) is 5.65. The zero-order valence-electron chi connectivity index (χ0n) is 16.0. The third-order valence-electron chi connectivity index (χ3n) is 4.62. The van der Waals surface area contributed by atoms with E-state index in [1.165, 1.54) is 36.6 Å². The van der Waals surface area contributed by atoms with Crippen molar-refractivity contribution in [3.05, 3.63) is 29.8 Å². The van der Waals surface area contributed by atoms with E-state index >= 15 is 0 Å². The molecule has 0 bridgehead atoms. The number of thioether (sulfide) groups is 1. The average Bonchev–Trinajstić information content (AvgIpc) is 3.05. The maximum Gasteiger partial charge on any atom is 0.235 e. The molecule has 1 atom stereocenters. The first kappa shape index (κ1) is 18.8. The highest BCUT2D eigenvalue weighted by Crippen LogP contribution is 2.31. The van der Waals surface area contributed by atoms with Crippen LogP contribution < -0.4 is 4.90 Å². The van der Waals surface area contributed by atoms with Gasteiger partial charge in [-0.05, 0) is 45.2 Å². The SMILES string of the molecule is Cc1ccc(-n2c(SC(C)C(=O)N(C)C)nnc2N2CCCCC2)cc1. The lowest BCUT2D eigenvalue weighted by Gasteiger charge is -2.28. The highest BCUT2D eigenvalue weighted by molar-refractivity contribution is 8.00. The Morgan fingerprint density at radius 1 is 1.12 bits per heavy atom. The number of carbonyl (C=O) groups is 1. The van der Waals surface area contributed by atoms with Crippen molar-refractivity contribution in [2.24, 2.45) is 0 Å². The Balaban J connectivity index is 1.97. The number of anilines is 1. The summed E-state index contributed by atoms with van der Waals surface area (Å²) in [4.78, 5) is 16.2. The first-order valence-electron chi connectivity index (χ1n) is 9.12. The summed E-state index contributed by atoms with van der Waals surface area (Å²) in [5, 5.41) is 9.47. The molecule has 0 radical (unpaired) electrons. The Morgan fingerprint density at radius 3 is 2.38 bits per heavy atom. The fourth-order valence-electron chi connectivity index (χ4n) is 3.13. The molecule has 1 aliphatic heterocycles. The predicted molar refractivity (Wildman–Crippen MR) is 106 cm³/mol. The Kier molecular flexibility index (Phi) is 5.86. The molecule has 0 saturated carbocycles. The summed E-state index contributed by atoms with van der Waals surface area (Å²) in [5.41, 5.74) is 2.25. The monoisotopic (exact) mass is 373 g/mol. The lowest BCUT2D eigenvalue weighted by molar-refractivity contribution is -0.127. The normalized spacial score (nSPS) is 15.8. The molecule has 2 heterocycles. The summed E-state index contributed by atoms with van der Waals surface area (Å²) in [6, 6.07) is 8.37. The zero-order valence-corrected chi connectivity index (χ0v) is 16.8. The van der Waals surface area contributed by atoms with E-state index in [1.807, 2.05) is 6.92 Å². The van der Waals surface area contributed by atoms with Gasteiger partial charge in [-0.3, -0.25) is 9.36 Å². The molecule has 2 aromatic rings. The molecule has 1 amide bonds. The molecule has 3 rings (SSSR count). The molecule has 1 unspecified atom stereocenters. The summed E-state index contributed by atoms with van der Waals surface area (Å²) in [5.74, 6) is 0.952. The summed E-state index contributed by atoms with van der Waals surface area (Å²) in [7, 11) is 3.56. The fraction of sp³-hybridized carbons (Fsp3) is 0.526. The standard InChI is InChI=1S/C19H27N5OS/c1-14-8-10-16(11-9-14)24-18(23-12-6-5-7-13-23)20-21-19(24)26-15(2)17(25)22(3)4/h8-11,15H,5-7,12-13H2,1-4H3. The maximum atomic E-state index is 12.3. The summed E-state index contributed by atoms with van der Waals surface area (Å²) >= 11 is 1.46. The molecule has 6 nitrogen and oxygen atoms in total. The molecular formula is C19H27N5OS. The topological polar surface area (TPSA) is 54.3 Å². The van der Waals surface area contributed by atoms with E-state index in [2.05, 4.69) is 50.9 Å². The van der Waals surface area contributed by atoms with Gasteiger partial charge in [0.05, 0.1) is 10.9 Å². The van der Waals surface area contributed by atoms with Gasteiger partial charge in [0.1, 0.15) is 0 Å². The second-order valence-corrected chi connectivity index (χ2v) is 8.30. The molecule has 1 aromatic heterocycles. The highest BCUT2D eigenvalue weighted by Gasteiger charge is 2.25. The van der Waals surface area contributed by atoms with Gasteiger partial charge in [-0.2, -0.15) is 0 Å². The van der Waals surface area contributed by atoms with Crippen LogP contribution in [0.15, 0.2) is 29.4 Å². The van der Waals surface area contributed by atoms with Gasteiger partial charge >= 0.3 is 0 Å². The van der Waals surface area contributed by atoms with Gasteiger partial charge in [-0.25, -0.2) is 0 Å². The van der Waals surface area contributed by atoms with Crippen LogP contribution >= 0.6 is 11.8 Å². The second kappa shape index (κ2) is 8.12. The van der Waals surface area contributed by atoms with E-state index in [9.17, 15) is 4.79 Å². The molecule has 26 heavy (non-hydrogen) atoms. The maximum absolute atomic E-state index is 12.3. The minimum absolute atomic E-state index is 0.0768. The molecule has 7 heteroatoms. The molecule has 1 fully saturated rings. The van der Waals surface area contributed by atoms with Crippen LogP contribution in [0.2, 0.25) is 0 Å². The second-order valence-electron chi connectivity index (χ2n) is 6.99. The summed E-state index contributed by atoms with van der Waals surface area (Å²) < 4.78 is 2.09. The average molecular weight is 374 g/mol. The van der Waals surface area contributed by atoms with Gasteiger partial charge in [-0.1, -0.05) is 29.5 Å². The minimum atomic E-state index is -0.215. The van der Waals surface area contributed by atoms with Gasteiger partial charge in [0.2, 0.25) is 11.9 Å². The van der Waals surface area contributed by atoms with Crippen molar-refractivity contribution in [3.63, 3.8) is 0 Å². The number of aryl methyl sites for hydroxylation is 1. The van der Waals surface area contributed by atoms with Crippen molar-refractivity contribution in [3.8, 4) is 5.69 Å². The first-order valence-corrected chi connectivity index (χ1v) is 10.0. The van der Waals surface area contributed by atoms with Gasteiger partial charge in [0.15, 0.2) is 5.16 Å². The Morgan fingerprint density at radius 2 is 1.77 bits per heavy atom. The Bertz CT molecular complexity index is 750. The van der Waals surface area contributed by atoms with E-state index in [0.29, 0.717) is 0 Å². The zero-order chi connectivity index (χ0) is 18.7. The van der Waals surface area contributed by atoms with Gasteiger partial charge < -0.3 is 9.80 Å². The van der Waals surface area contributed by atoms with Crippen molar-refractivity contribution in [2.45, 2.75) is 43.5 Å². The Labute approximate surface area is 159 Å². The Hall–Kier alpha value is -2.02. The molecule has 0 spiro atoms.